The fourth-order valence-electron chi connectivity index (χ4n) is 1.23. The summed E-state index contributed by atoms with van der Waals surface area (Å²) in [6.07, 6.45) is 1.65. The van der Waals surface area contributed by atoms with Crippen molar-refractivity contribution in [3.63, 3.8) is 0 Å². The summed E-state index contributed by atoms with van der Waals surface area (Å²) >= 11 is 1.61. The second-order valence-electron chi connectivity index (χ2n) is 2.51. The molecule has 0 saturated carbocycles. The summed E-state index contributed by atoms with van der Waals surface area (Å²) in [5.74, 6) is 0.982. The smallest absolute Gasteiger partial charge is 0.242 e. The average molecular weight is 171 g/mol. The first-order valence-corrected chi connectivity index (χ1v) is 4.65. The minimum absolute atomic E-state index is 0.199. The van der Waals surface area contributed by atoms with E-state index in [0.29, 0.717) is 6.42 Å². The number of hydrazine groups is 1. The van der Waals surface area contributed by atoms with E-state index in [9.17, 15) is 4.79 Å². The Balaban J connectivity index is 2.03. The molecule has 2 rings (SSSR count). The molecule has 0 aromatic heterocycles. The van der Waals surface area contributed by atoms with Gasteiger partial charge in [0.05, 0.1) is 5.55 Å². The van der Waals surface area contributed by atoms with Crippen LogP contribution in [0.5, 0.6) is 0 Å². The van der Waals surface area contributed by atoms with Gasteiger partial charge in [-0.15, -0.1) is 0 Å². The number of hydrogen-bond donors (Lipinski definition) is 0. The summed E-state index contributed by atoms with van der Waals surface area (Å²) < 4.78 is 0. The highest BCUT2D eigenvalue weighted by Gasteiger charge is 2.26. The van der Waals surface area contributed by atoms with Gasteiger partial charge in [0.15, 0.2) is 0 Å². The van der Waals surface area contributed by atoms with Crippen LogP contribution in [0.15, 0.2) is 5.10 Å². The van der Waals surface area contributed by atoms with Crippen LogP contribution < -0.4 is 0 Å². The van der Waals surface area contributed by atoms with E-state index in [1.54, 1.807) is 27.4 Å². The Morgan fingerprint density at radius 3 is 3.09 bits per heavy atom. The third-order valence-electron chi connectivity index (χ3n) is 1.77. The highest BCUT2D eigenvalue weighted by Crippen LogP contribution is 2.18. The van der Waals surface area contributed by atoms with Crippen LogP contribution in [0.1, 0.15) is 12.8 Å². The molecule has 0 aromatic carbocycles. The lowest BCUT2D eigenvalue weighted by molar-refractivity contribution is -0.141. The number of hydrogen-bond acceptors (Lipinski definition) is 4. The molecule has 0 atom stereocenters. The van der Waals surface area contributed by atoms with Gasteiger partial charge in [-0.3, -0.25) is 4.79 Å². The van der Waals surface area contributed by atoms with Gasteiger partial charge in [-0.25, -0.2) is 5.01 Å². The largest absolute Gasteiger partial charge is 0.273 e. The van der Waals surface area contributed by atoms with Gasteiger partial charge in [0, 0.05) is 13.0 Å². The summed E-state index contributed by atoms with van der Waals surface area (Å²) in [7, 11) is 0. The van der Waals surface area contributed by atoms with E-state index in [-0.39, 0.29) is 5.91 Å². The molecule has 4 nitrogen and oxygen atoms in total. The summed E-state index contributed by atoms with van der Waals surface area (Å²) in [5.41, 5.74) is 1.77. The van der Waals surface area contributed by atoms with Gasteiger partial charge in [0.1, 0.15) is 5.88 Å². The second-order valence-corrected chi connectivity index (χ2v) is 3.31. The lowest BCUT2D eigenvalue weighted by Crippen LogP contribution is -2.37. The zero-order valence-electron chi connectivity index (χ0n) is 6.06. The fraction of sp³-hybridized carbons (Fsp3) is 0.667. The molecule has 5 heteroatoms. The summed E-state index contributed by atoms with van der Waals surface area (Å²) in [5, 5.41) is 7.50. The van der Waals surface area contributed by atoms with Crippen LogP contribution >= 0.6 is 11.8 Å². The molecule has 2 aliphatic heterocycles. The molecule has 0 unspecified atom stereocenters. The van der Waals surface area contributed by atoms with E-state index in [2.05, 4.69) is 5.10 Å². The first-order chi connectivity index (χ1) is 5.38. The standard InChI is InChI=1S/C6H9N3OS/c10-6-2-1-3-8(6)9-5-11-4-7-9/h4H,1-3,5H2. The van der Waals surface area contributed by atoms with Crippen molar-refractivity contribution in [2.75, 3.05) is 12.4 Å². The van der Waals surface area contributed by atoms with Crippen molar-refractivity contribution < 1.29 is 4.79 Å². The van der Waals surface area contributed by atoms with Crippen molar-refractivity contribution in [1.29, 1.82) is 0 Å². The number of carbonyl (C=O) groups excluding carboxylic acids is 1. The van der Waals surface area contributed by atoms with E-state index >= 15 is 0 Å². The molecule has 1 saturated heterocycles. The van der Waals surface area contributed by atoms with Crippen molar-refractivity contribution in [3.05, 3.63) is 0 Å². The van der Waals surface area contributed by atoms with Crippen LogP contribution in [0.3, 0.4) is 0 Å². The Kier molecular flexibility index (Phi) is 1.73. The van der Waals surface area contributed by atoms with Crippen LogP contribution in [0.25, 0.3) is 0 Å². The van der Waals surface area contributed by atoms with Gasteiger partial charge < -0.3 is 0 Å². The predicted octanol–water partition coefficient (Wildman–Crippen LogP) is 0.473. The number of nitrogens with zero attached hydrogens (tertiary/aromatic N) is 3. The van der Waals surface area contributed by atoms with E-state index < -0.39 is 0 Å². The summed E-state index contributed by atoms with van der Waals surface area (Å²) in [4.78, 5) is 11.2. The topological polar surface area (TPSA) is 35.9 Å². The van der Waals surface area contributed by atoms with Gasteiger partial charge in [0.2, 0.25) is 5.91 Å². The Morgan fingerprint density at radius 1 is 1.64 bits per heavy atom. The van der Waals surface area contributed by atoms with Gasteiger partial charge in [-0.05, 0) is 6.42 Å². The molecular formula is C6H9N3OS. The van der Waals surface area contributed by atoms with E-state index in [1.807, 2.05) is 0 Å². The molecular weight excluding hydrogens is 162 g/mol. The number of thioether (sulfide) groups is 1. The van der Waals surface area contributed by atoms with E-state index in [1.165, 1.54) is 0 Å². The monoisotopic (exact) mass is 171 g/mol. The van der Waals surface area contributed by atoms with Crippen molar-refractivity contribution in [3.8, 4) is 0 Å². The molecule has 0 spiro atoms. The summed E-state index contributed by atoms with van der Waals surface area (Å²) in [6, 6.07) is 0. The zero-order chi connectivity index (χ0) is 7.68. The maximum Gasteiger partial charge on any atom is 0.242 e. The highest BCUT2D eigenvalue weighted by molar-refractivity contribution is 8.12. The lowest BCUT2D eigenvalue weighted by atomic mass is 10.4. The molecule has 60 valence electrons. The fourth-order valence-corrected chi connectivity index (χ4v) is 1.81. The van der Waals surface area contributed by atoms with E-state index in [0.717, 1.165) is 18.8 Å². The van der Waals surface area contributed by atoms with Crippen molar-refractivity contribution >= 4 is 23.2 Å². The number of rotatable bonds is 1. The van der Waals surface area contributed by atoms with Crippen molar-refractivity contribution in [2.45, 2.75) is 12.8 Å². The molecule has 0 N–H and O–H groups in total. The predicted molar refractivity (Wildman–Crippen MR) is 43.7 cm³/mol. The first-order valence-electron chi connectivity index (χ1n) is 3.60. The van der Waals surface area contributed by atoms with Crippen LogP contribution in [-0.2, 0) is 4.79 Å². The minimum atomic E-state index is 0.199. The lowest BCUT2D eigenvalue weighted by Gasteiger charge is -2.24. The molecule has 2 aliphatic rings. The van der Waals surface area contributed by atoms with Gasteiger partial charge in [0.25, 0.3) is 0 Å². The van der Waals surface area contributed by atoms with Crippen LogP contribution in [0.4, 0.5) is 0 Å². The first kappa shape index (κ1) is 6.97. The molecule has 0 aromatic rings. The highest BCUT2D eigenvalue weighted by atomic mass is 32.2. The Morgan fingerprint density at radius 2 is 2.55 bits per heavy atom. The van der Waals surface area contributed by atoms with Crippen molar-refractivity contribution in [1.82, 2.24) is 10.1 Å². The molecule has 0 aliphatic carbocycles. The van der Waals surface area contributed by atoms with Gasteiger partial charge in [-0.1, -0.05) is 11.8 Å². The molecule has 1 amide bonds. The van der Waals surface area contributed by atoms with Gasteiger partial charge in [-0.2, -0.15) is 10.2 Å². The maximum absolute atomic E-state index is 11.2. The molecule has 11 heavy (non-hydrogen) atoms. The van der Waals surface area contributed by atoms with Crippen LogP contribution in [0.2, 0.25) is 0 Å². The van der Waals surface area contributed by atoms with Crippen LogP contribution in [0, 0.1) is 0 Å². The number of carbonyl (C=O) groups is 1. The summed E-state index contributed by atoms with van der Waals surface area (Å²) in [6.45, 7) is 0.830. The van der Waals surface area contributed by atoms with Crippen molar-refractivity contribution in [2.24, 2.45) is 5.10 Å². The third kappa shape index (κ3) is 1.20. The SMILES string of the molecule is O=C1CCCN1N1CSC=N1. The average Bonchev–Trinajstić information content (AvgIpc) is 2.55. The normalized spacial score (nSPS) is 23.8. The van der Waals surface area contributed by atoms with Crippen LogP contribution in [-0.4, -0.2) is 34.0 Å². The third-order valence-corrected chi connectivity index (χ3v) is 2.40. The number of amides is 1. The Hall–Kier alpha value is -0.710. The quantitative estimate of drug-likeness (QED) is 0.575. The second kappa shape index (κ2) is 2.73. The molecule has 1 fully saturated rings. The molecule has 0 radical (unpaired) electrons. The molecule has 0 bridgehead atoms. The minimum Gasteiger partial charge on any atom is -0.273 e. The number of hydrazone groups is 1. The Labute approximate surface area is 69.2 Å². The molecule has 2 heterocycles. The van der Waals surface area contributed by atoms with E-state index in [4.69, 9.17) is 0 Å². The zero-order valence-corrected chi connectivity index (χ0v) is 6.88. The Bertz CT molecular complexity index is 206. The van der Waals surface area contributed by atoms with Gasteiger partial charge >= 0.3 is 0 Å². The maximum atomic E-state index is 11.2.